The minimum Gasteiger partial charge on any atom is -0.369 e. The fraction of sp³-hybridized carbons (Fsp3) is 0.455. The predicted molar refractivity (Wildman–Crippen MR) is 66.3 cm³/mol. The van der Waals surface area contributed by atoms with E-state index in [4.69, 9.17) is 5.73 Å². The second-order valence-electron chi connectivity index (χ2n) is 4.63. The van der Waals surface area contributed by atoms with Crippen LogP contribution < -0.4 is 5.73 Å². The zero-order valence-electron chi connectivity index (χ0n) is 9.50. The van der Waals surface area contributed by atoms with Gasteiger partial charge in [-0.1, -0.05) is 0 Å². The number of amides is 2. The van der Waals surface area contributed by atoms with Gasteiger partial charge in [0.25, 0.3) is 5.91 Å². The van der Waals surface area contributed by atoms with Gasteiger partial charge >= 0.3 is 0 Å². The third kappa shape index (κ3) is 2.22. The summed E-state index contributed by atoms with van der Waals surface area (Å²) in [6, 6.07) is 1.72. The maximum Gasteiger partial charge on any atom is 0.270 e. The summed E-state index contributed by atoms with van der Waals surface area (Å²) < 4.78 is 0.831. The van der Waals surface area contributed by atoms with Gasteiger partial charge in [0.1, 0.15) is 5.69 Å². The number of primary amides is 1. The third-order valence-corrected chi connectivity index (χ3v) is 3.69. The molecule has 92 valence electrons. The Bertz CT molecular complexity index is 471. The molecule has 0 radical (unpaired) electrons. The first-order valence-corrected chi connectivity index (χ1v) is 6.15. The lowest BCUT2D eigenvalue weighted by Gasteiger charge is -2.20. The zero-order chi connectivity index (χ0) is 12.6. The number of nitrogens with zero attached hydrogens (tertiary/aromatic N) is 1. The van der Waals surface area contributed by atoms with Gasteiger partial charge in [-0.05, 0) is 35.3 Å². The van der Waals surface area contributed by atoms with E-state index in [0.29, 0.717) is 25.2 Å². The predicted octanol–water partition coefficient (Wildman–Crippen LogP) is 1.11. The normalized spacial score (nSPS) is 24.0. The number of halogens is 1. The molecule has 17 heavy (non-hydrogen) atoms. The Morgan fingerprint density at radius 2 is 2.29 bits per heavy atom. The van der Waals surface area contributed by atoms with Crippen LogP contribution in [0.1, 0.15) is 23.8 Å². The molecular weight excluding hydrogens is 286 g/mol. The molecule has 0 aromatic carbocycles. The van der Waals surface area contributed by atoms with Crippen molar-refractivity contribution in [3.63, 3.8) is 0 Å². The number of aromatic nitrogens is 1. The summed E-state index contributed by atoms with van der Waals surface area (Å²) in [5, 5.41) is 0. The van der Waals surface area contributed by atoms with Crippen LogP contribution in [0.15, 0.2) is 16.7 Å². The van der Waals surface area contributed by atoms with Gasteiger partial charge in [-0.3, -0.25) is 9.59 Å². The molecule has 1 aliphatic heterocycles. The lowest BCUT2D eigenvalue weighted by Crippen LogP contribution is -2.38. The first-order chi connectivity index (χ1) is 7.92. The third-order valence-electron chi connectivity index (χ3n) is 3.23. The number of carbonyl (C=O) groups excluding carboxylic acids is 2. The van der Waals surface area contributed by atoms with Crippen molar-refractivity contribution in [3.8, 4) is 0 Å². The Kier molecular flexibility index (Phi) is 2.99. The average Bonchev–Trinajstić information content (AvgIpc) is 2.85. The molecular formula is C11H14BrN3O2. The fourth-order valence-corrected chi connectivity index (χ4v) is 2.34. The highest BCUT2D eigenvalue weighted by Gasteiger charge is 2.40. The molecule has 1 aromatic heterocycles. The number of nitrogens with one attached hydrogen (secondary N) is 1. The molecule has 1 saturated heterocycles. The second kappa shape index (κ2) is 4.18. The Hall–Kier alpha value is -1.30. The summed E-state index contributed by atoms with van der Waals surface area (Å²) in [5.41, 5.74) is 5.27. The molecule has 5 nitrogen and oxygen atoms in total. The van der Waals surface area contributed by atoms with Gasteiger partial charge < -0.3 is 15.6 Å². The van der Waals surface area contributed by atoms with E-state index in [1.807, 2.05) is 0 Å². The Labute approximate surface area is 107 Å². The topological polar surface area (TPSA) is 79.2 Å². The van der Waals surface area contributed by atoms with Crippen molar-refractivity contribution in [1.29, 1.82) is 0 Å². The summed E-state index contributed by atoms with van der Waals surface area (Å²) in [4.78, 5) is 27.9. The van der Waals surface area contributed by atoms with Crippen LogP contribution in [0.25, 0.3) is 0 Å². The van der Waals surface area contributed by atoms with Crippen molar-refractivity contribution in [3.05, 3.63) is 22.4 Å². The molecule has 1 aliphatic rings. The highest BCUT2D eigenvalue weighted by molar-refractivity contribution is 9.10. The lowest BCUT2D eigenvalue weighted by atomic mass is 9.89. The summed E-state index contributed by atoms with van der Waals surface area (Å²) in [6.07, 6.45) is 2.33. The van der Waals surface area contributed by atoms with Crippen LogP contribution in [-0.2, 0) is 4.79 Å². The van der Waals surface area contributed by atoms with E-state index in [1.54, 1.807) is 24.1 Å². The number of hydrogen-bond donors (Lipinski definition) is 2. The Morgan fingerprint density at radius 3 is 2.76 bits per heavy atom. The monoisotopic (exact) mass is 299 g/mol. The van der Waals surface area contributed by atoms with Crippen molar-refractivity contribution in [2.24, 2.45) is 11.1 Å². The van der Waals surface area contributed by atoms with Crippen molar-refractivity contribution >= 4 is 27.7 Å². The molecule has 1 aromatic rings. The largest absolute Gasteiger partial charge is 0.369 e. The standard InChI is InChI=1S/C11H14BrN3O2/c1-11(10(13)17)2-3-15(6-11)9(16)8-4-7(12)5-14-8/h4-5,14H,2-3,6H2,1H3,(H2,13,17). The smallest absolute Gasteiger partial charge is 0.270 e. The average molecular weight is 300 g/mol. The summed E-state index contributed by atoms with van der Waals surface area (Å²) >= 11 is 3.28. The maximum atomic E-state index is 12.1. The van der Waals surface area contributed by atoms with Crippen LogP contribution in [-0.4, -0.2) is 34.8 Å². The molecule has 0 aliphatic carbocycles. The van der Waals surface area contributed by atoms with Crippen LogP contribution in [0, 0.1) is 5.41 Å². The molecule has 0 saturated carbocycles. The number of carbonyl (C=O) groups is 2. The molecule has 2 amide bonds. The summed E-state index contributed by atoms with van der Waals surface area (Å²) in [5.74, 6) is -0.443. The van der Waals surface area contributed by atoms with Crippen molar-refractivity contribution in [2.75, 3.05) is 13.1 Å². The molecule has 0 bridgehead atoms. The number of rotatable bonds is 2. The summed E-state index contributed by atoms with van der Waals surface area (Å²) in [7, 11) is 0. The molecule has 2 rings (SSSR count). The SMILES string of the molecule is CC1(C(N)=O)CCN(C(=O)c2cc(Br)c[nH]2)C1. The molecule has 3 N–H and O–H groups in total. The first kappa shape index (κ1) is 12.2. The van der Waals surface area contributed by atoms with Crippen LogP contribution in [0.2, 0.25) is 0 Å². The number of hydrogen-bond acceptors (Lipinski definition) is 2. The highest BCUT2D eigenvalue weighted by Crippen LogP contribution is 2.30. The van der Waals surface area contributed by atoms with Crippen LogP contribution in [0.3, 0.4) is 0 Å². The molecule has 0 spiro atoms. The maximum absolute atomic E-state index is 12.1. The first-order valence-electron chi connectivity index (χ1n) is 5.35. The van der Waals surface area contributed by atoms with Crippen molar-refractivity contribution in [1.82, 2.24) is 9.88 Å². The van der Waals surface area contributed by atoms with Gasteiger partial charge in [-0.2, -0.15) is 0 Å². The second-order valence-corrected chi connectivity index (χ2v) is 5.55. The molecule has 1 unspecified atom stereocenters. The van der Waals surface area contributed by atoms with E-state index >= 15 is 0 Å². The van der Waals surface area contributed by atoms with Gasteiger partial charge in [0.15, 0.2) is 0 Å². The van der Waals surface area contributed by atoms with Crippen molar-refractivity contribution < 1.29 is 9.59 Å². The van der Waals surface area contributed by atoms with E-state index in [9.17, 15) is 9.59 Å². The number of H-pyrrole nitrogens is 1. The van der Waals surface area contributed by atoms with Gasteiger partial charge in [0.05, 0.1) is 5.41 Å². The van der Waals surface area contributed by atoms with Crippen LogP contribution in [0.5, 0.6) is 0 Å². The van der Waals surface area contributed by atoms with Crippen LogP contribution >= 0.6 is 15.9 Å². The van der Waals surface area contributed by atoms with E-state index in [0.717, 1.165) is 4.47 Å². The molecule has 1 atom stereocenters. The van der Waals surface area contributed by atoms with Gasteiger partial charge in [0, 0.05) is 23.8 Å². The van der Waals surface area contributed by atoms with Crippen molar-refractivity contribution in [2.45, 2.75) is 13.3 Å². The number of aromatic amines is 1. The van der Waals surface area contributed by atoms with E-state index in [-0.39, 0.29) is 11.8 Å². The van der Waals surface area contributed by atoms with E-state index < -0.39 is 5.41 Å². The number of nitrogens with two attached hydrogens (primary N) is 1. The zero-order valence-corrected chi connectivity index (χ0v) is 11.1. The van der Waals surface area contributed by atoms with Gasteiger partial charge in [-0.25, -0.2) is 0 Å². The summed E-state index contributed by atoms with van der Waals surface area (Å²) in [6.45, 7) is 2.75. The van der Waals surface area contributed by atoms with E-state index in [1.165, 1.54) is 0 Å². The Balaban J connectivity index is 2.11. The van der Waals surface area contributed by atoms with E-state index in [2.05, 4.69) is 20.9 Å². The highest BCUT2D eigenvalue weighted by atomic mass is 79.9. The van der Waals surface area contributed by atoms with Crippen LogP contribution in [0.4, 0.5) is 0 Å². The van der Waals surface area contributed by atoms with Gasteiger partial charge in [-0.15, -0.1) is 0 Å². The quantitative estimate of drug-likeness (QED) is 0.858. The number of likely N-dealkylation sites (tertiary alicyclic amines) is 1. The molecule has 6 heteroatoms. The lowest BCUT2D eigenvalue weighted by molar-refractivity contribution is -0.126. The Morgan fingerprint density at radius 1 is 1.59 bits per heavy atom. The molecule has 1 fully saturated rings. The fourth-order valence-electron chi connectivity index (χ4n) is 2.00. The molecule has 2 heterocycles. The minimum absolute atomic E-state index is 0.0966. The van der Waals surface area contributed by atoms with Gasteiger partial charge in [0.2, 0.25) is 5.91 Å². The minimum atomic E-state index is -0.598.